The van der Waals surface area contributed by atoms with E-state index in [2.05, 4.69) is 20.5 Å². The van der Waals surface area contributed by atoms with Crippen LogP contribution in [0.2, 0.25) is 0 Å². The summed E-state index contributed by atoms with van der Waals surface area (Å²) in [5.74, 6) is -0.534. The number of thioether (sulfide) groups is 1. The number of imidazole rings is 1. The number of carbonyl (C=O) groups excluding carboxylic acids is 2. The lowest BCUT2D eigenvalue weighted by Crippen LogP contribution is -2.20. The first-order valence-corrected chi connectivity index (χ1v) is 9.31. The predicted octanol–water partition coefficient (Wildman–Crippen LogP) is 2.98. The lowest BCUT2D eigenvalue weighted by Gasteiger charge is -2.04. The van der Waals surface area contributed by atoms with Gasteiger partial charge in [0.15, 0.2) is 5.16 Å². The number of carbonyl (C=O) groups is 2. The number of ether oxygens (including phenoxy) is 1. The van der Waals surface area contributed by atoms with Gasteiger partial charge in [-0.2, -0.15) is 5.10 Å². The molecule has 2 N–H and O–H groups in total. The average Bonchev–Trinajstić information content (AvgIpc) is 3.10. The summed E-state index contributed by atoms with van der Waals surface area (Å²) >= 11 is 1.29. The van der Waals surface area contributed by atoms with Crippen molar-refractivity contribution >= 4 is 40.9 Å². The van der Waals surface area contributed by atoms with Gasteiger partial charge in [-0.25, -0.2) is 15.2 Å². The molecule has 3 rings (SSSR count). The minimum Gasteiger partial charge on any atom is -0.462 e. The standard InChI is InChI=1S/C19H18N4O3S/c1-2-26-18(25)14-8-4-3-7-13(14)11-20-23-17(24)12-27-19-21-15-9-5-6-10-16(15)22-19/h3-11H,2,12H2,1H3,(H,21,22)(H,23,24)/b20-11+. The summed E-state index contributed by atoms with van der Waals surface area (Å²) in [6, 6.07) is 14.6. The molecule has 27 heavy (non-hydrogen) atoms. The molecule has 2 aromatic carbocycles. The summed E-state index contributed by atoms with van der Waals surface area (Å²) in [5, 5.41) is 4.59. The molecular formula is C19H18N4O3S. The first-order valence-electron chi connectivity index (χ1n) is 8.33. The smallest absolute Gasteiger partial charge is 0.338 e. The molecule has 1 heterocycles. The second-order valence-corrected chi connectivity index (χ2v) is 6.41. The molecule has 1 aromatic heterocycles. The summed E-state index contributed by atoms with van der Waals surface area (Å²) in [4.78, 5) is 31.4. The van der Waals surface area contributed by atoms with Crippen molar-refractivity contribution in [1.29, 1.82) is 0 Å². The third-order valence-electron chi connectivity index (χ3n) is 3.56. The number of fused-ring (bicyclic) bond motifs is 1. The van der Waals surface area contributed by atoms with E-state index in [1.807, 2.05) is 24.3 Å². The molecule has 3 aromatic rings. The van der Waals surface area contributed by atoms with E-state index in [0.29, 0.717) is 22.9 Å². The van der Waals surface area contributed by atoms with Crippen LogP contribution in [-0.4, -0.2) is 40.4 Å². The minimum absolute atomic E-state index is 0.163. The Bertz CT molecular complexity index is 951. The molecule has 0 aliphatic heterocycles. The van der Waals surface area contributed by atoms with Crippen LogP contribution in [0, 0.1) is 0 Å². The maximum atomic E-state index is 12.0. The van der Waals surface area contributed by atoms with Crippen molar-refractivity contribution in [2.24, 2.45) is 5.10 Å². The number of esters is 1. The number of hydrogen-bond acceptors (Lipinski definition) is 6. The summed E-state index contributed by atoms with van der Waals surface area (Å²) in [7, 11) is 0. The summed E-state index contributed by atoms with van der Waals surface area (Å²) < 4.78 is 5.01. The van der Waals surface area contributed by atoms with Crippen molar-refractivity contribution in [3.63, 3.8) is 0 Å². The largest absolute Gasteiger partial charge is 0.462 e. The van der Waals surface area contributed by atoms with Crippen molar-refractivity contribution in [1.82, 2.24) is 15.4 Å². The molecule has 7 nitrogen and oxygen atoms in total. The van der Waals surface area contributed by atoms with Crippen molar-refractivity contribution in [2.45, 2.75) is 12.1 Å². The van der Waals surface area contributed by atoms with E-state index in [9.17, 15) is 9.59 Å². The van der Waals surface area contributed by atoms with Crippen molar-refractivity contribution in [3.05, 3.63) is 59.7 Å². The molecule has 138 valence electrons. The van der Waals surface area contributed by atoms with Gasteiger partial charge in [0, 0.05) is 5.56 Å². The van der Waals surface area contributed by atoms with Gasteiger partial charge in [-0.1, -0.05) is 42.1 Å². The van der Waals surface area contributed by atoms with Crippen molar-refractivity contribution < 1.29 is 14.3 Å². The fourth-order valence-corrected chi connectivity index (χ4v) is 3.02. The Hall–Kier alpha value is -3.13. The molecule has 0 radical (unpaired) electrons. The van der Waals surface area contributed by atoms with Crippen LogP contribution in [0.25, 0.3) is 11.0 Å². The van der Waals surface area contributed by atoms with Gasteiger partial charge in [0.2, 0.25) is 0 Å². The second kappa shape index (κ2) is 9.00. The number of benzene rings is 2. The highest BCUT2D eigenvalue weighted by atomic mass is 32.2. The summed E-state index contributed by atoms with van der Waals surface area (Å²) in [6.45, 7) is 2.04. The Kier molecular flexibility index (Phi) is 6.22. The molecule has 0 atom stereocenters. The number of nitrogens with one attached hydrogen (secondary N) is 2. The Morgan fingerprint density at radius 1 is 1.22 bits per heavy atom. The predicted molar refractivity (Wildman–Crippen MR) is 105 cm³/mol. The van der Waals surface area contributed by atoms with Crippen LogP contribution in [0.1, 0.15) is 22.8 Å². The van der Waals surface area contributed by atoms with Gasteiger partial charge < -0.3 is 9.72 Å². The van der Waals surface area contributed by atoms with Gasteiger partial charge in [0.1, 0.15) is 0 Å². The van der Waals surface area contributed by atoms with Crippen molar-refractivity contribution in [2.75, 3.05) is 12.4 Å². The maximum absolute atomic E-state index is 12.0. The third kappa shape index (κ3) is 4.95. The Morgan fingerprint density at radius 3 is 2.81 bits per heavy atom. The molecule has 0 bridgehead atoms. The molecule has 0 aliphatic rings. The molecule has 0 saturated carbocycles. The zero-order valence-electron chi connectivity index (χ0n) is 14.6. The first-order chi connectivity index (χ1) is 13.2. The van der Waals surface area contributed by atoms with Gasteiger partial charge >= 0.3 is 5.97 Å². The van der Waals surface area contributed by atoms with E-state index in [1.54, 1.807) is 31.2 Å². The molecule has 0 spiro atoms. The lowest BCUT2D eigenvalue weighted by atomic mass is 10.1. The van der Waals surface area contributed by atoms with Crippen LogP contribution in [0.15, 0.2) is 58.8 Å². The molecule has 0 unspecified atom stereocenters. The number of rotatable bonds is 7. The number of H-pyrrole nitrogens is 1. The van der Waals surface area contributed by atoms with E-state index >= 15 is 0 Å². The number of hydrazone groups is 1. The molecule has 1 amide bonds. The normalized spacial score (nSPS) is 11.0. The Labute approximate surface area is 160 Å². The van der Waals surface area contributed by atoms with Crippen LogP contribution in [0.4, 0.5) is 0 Å². The van der Waals surface area contributed by atoms with Gasteiger partial charge in [-0.3, -0.25) is 4.79 Å². The molecule has 0 saturated heterocycles. The summed E-state index contributed by atoms with van der Waals surface area (Å²) in [6.07, 6.45) is 1.43. The monoisotopic (exact) mass is 382 g/mol. The zero-order valence-corrected chi connectivity index (χ0v) is 15.5. The molecule has 8 heteroatoms. The number of nitrogens with zero attached hydrogens (tertiary/aromatic N) is 2. The van der Waals surface area contributed by atoms with E-state index in [1.165, 1.54) is 18.0 Å². The van der Waals surface area contributed by atoms with E-state index in [-0.39, 0.29) is 11.7 Å². The third-order valence-corrected chi connectivity index (χ3v) is 4.43. The average molecular weight is 382 g/mol. The van der Waals surface area contributed by atoms with Gasteiger partial charge in [0.05, 0.1) is 35.2 Å². The molecular weight excluding hydrogens is 364 g/mol. The van der Waals surface area contributed by atoms with Crippen LogP contribution in [0.5, 0.6) is 0 Å². The van der Waals surface area contributed by atoms with E-state index < -0.39 is 5.97 Å². The van der Waals surface area contributed by atoms with E-state index in [4.69, 9.17) is 4.74 Å². The minimum atomic E-state index is -0.425. The highest BCUT2D eigenvalue weighted by Crippen LogP contribution is 2.18. The SMILES string of the molecule is CCOC(=O)c1ccccc1/C=N/NC(=O)CSc1nc2ccccc2[nH]1. The van der Waals surface area contributed by atoms with Crippen LogP contribution >= 0.6 is 11.8 Å². The fraction of sp³-hybridized carbons (Fsp3) is 0.158. The van der Waals surface area contributed by atoms with Crippen molar-refractivity contribution in [3.8, 4) is 0 Å². The van der Waals surface area contributed by atoms with Crippen LogP contribution in [-0.2, 0) is 9.53 Å². The fourth-order valence-electron chi connectivity index (χ4n) is 2.34. The van der Waals surface area contributed by atoms with Gasteiger partial charge in [-0.15, -0.1) is 0 Å². The maximum Gasteiger partial charge on any atom is 0.338 e. The van der Waals surface area contributed by atoms with Crippen LogP contribution in [0.3, 0.4) is 0 Å². The zero-order chi connectivity index (χ0) is 19.1. The summed E-state index contributed by atoms with van der Waals surface area (Å²) in [5.41, 5.74) is 5.20. The number of amides is 1. The van der Waals surface area contributed by atoms with E-state index in [0.717, 1.165) is 11.0 Å². The van der Waals surface area contributed by atoms with Crippen LogP contribution < -0.4 is 5.43 Å². The Balaban J connectivity index is 1.55. The second-order valence-electron chi connectivity index (χ2n) is 5.45. The van der Waals surface area contributed by atoms with Gasteiger partial charge in [0.25, 0.3) is 5.91 Å². The number of para-hydroxylation sites is 2. The quantitative estimate of drug-likeness (QED) is 0.283. The Morgan fingerprint density at radius 2 is 2.00 bits per heavy atom. The number of aromatic nitrogens is 2. The highest BCUT2D eigenvalue weighted by Gasteiger charge is 2.10. The highest BCUT2D eigenvalue weighted by molar-refractivity contribution is 7.99. The molecule has 0 aliphatic carbocycles. The lowest BCUT2D eigenvalue weighted by molar-refractivity contribution is -0.118. The number of aromatic amines is 1. The topological polar surface area (TPSA) is 96.4 Å². The first kappa shape index (κ1) is 18.7. The number of hydrogen-bond donors (Lipinski definition) is 2. The van der Waals surface area contributed by atoms with Gasteiger partial charge in [-0.05, 0) is 25.1 Å². The molecule has 0 fully saturated rings.